The molecule has 0 unspecified atom stereocenters. The predicted octanol–water partition coefficient (Wildman–Crippen LogP) is 1.75. The molecule has 0 spiro atoms. The number of nitrogens with one attached hydrogen (secondary N) is 2. The molecule has 1 aromatic rings. The van der Waals surface area contributed by atoms with Crippen LogP contribution in [0.25, 0.3) is 0 Å². The first kappa shape index (κ1) is 13.5. The molecule has 2 N–H and O–H groups in total. The fraction of sp³-hybridized carbons (Fsp3) is 0.667. The van der Waals surface area contributed by atoms with Crippen LogP contribution in [-0.4, -0.2) is 28.9 Å². The Labute approximate surface area is 115 Å². The van der Waals surface area contributed by atoms with E-state index < -0.39 is 0 Å². The number of hydrogen-bond acceptors (Lipinski definition) is 4. The number of halogens is 1. The van der Waals surface area contributed by atoms with Crippen molar-refractivity contribution in [2.24, 2.45) is 0 Å². The highest BCUT2D eigenvalue weighted by molar-refractivity contribution is 9.10. The third kappa shape index (κ3) is 3.32. The van der Waals surface area contributed by atoms with Crippen molar-refractivity contribution in [1.29, 1.82) is 0 Å². The van der Waals surface area contributed by atoms with Gasteiger partial charge in [-0.3, -0.25) is 4.79 Å². The standard InChI is InChI=1S/C12H19BrN4O/c1-8(2)17-12(18)11(13)10(7-16-17)15-6-5-14-9-3-4-9/h7-9,14-15H,3-6H2,1-2H3. The van der Waals surface area contributed by atoms with E-state index in [1.165, 1.54) is 17.5 Å². The summed E-state index contributed by atoms with van der Waals surface area (Å²) in [5.41, 5.74) is 0.666. The molecule has 0 aromatic carbocycles. The smallest absolute Gasteiger partial charge is 0.283 e. The van der Waals surface area contributed by atoms with E-state index in [1.807, 2.05) is 13.8 Å². The largest absolute Gasteiger partial charge is 0.381 e. The fourth-order valence-corrected chi connectivity index (χ4v) is 2.12. The average molecular weight is 315 g/mol. The summed E-state index contributed by atoms with van der Waals surface area (Å²) < 4.78 is 2.02. The van der Waals surface area contributed by atoms with Crippen LogP contribution in [0.3, 0.4) is 0 Å². The Bertz CT molecular complexity index is 468. The normalized spacial score (nSPS) is 15.1. The lowest BCUT2D eigenvalue weighted by molar-refractivity contribution is 0.501. The van der Waals surface area contributed by atoms with Crippen molar-refractivity contribution in [3.05, 3.63) is 21.0 Å². The Hall–Kier alpha value is -0.880. The molecular weight excluding hydrogens is 296 g/mol. The van der Waals surface area contributed by atoms with E-state index in [-0.39, 0.29) is 11.6 Å². The molecule has 1 fully saturated rings. The molecular formula is C12H19BrN4O. The minimum absolute atomic E-state index is 0.0689. The minimum atomic E-state index is -0.0925. The minimum Gasteiger partial charge on any atom is -0.381 e. The van der Waals surface area contributed by atoms with Gasteiger partial charge in [-0.1, -0.05) is 0 Å². The van der Waals surface area contributed by atoms with Crippen LogP contribution in [0.2, 0.25) is 0 Å². The summed E-state index contributed by atoms with van der Waals surface area (Å²) in [5.74, 6) is 0. The van der Waals surface area contributed by atoms with Crippen LogP contribution in [0.1, 0.15) is 32.7 Å². The summed E-state index contributed by atoms with van der Waals surface area (Å²) in [6.45, 7) is 5.58. The van der Waals surface area contributed by atoms with Gasteiger partial charge in [0.25, 0.3) is 5.56 Å². The molecule has 5 nitrogen and oxygen atoms in total. The number of nitrogens with zero attached hydrogens (tertiary/aromatic N) is 2. The van der Waals surface area contributed by atoms with Gasteiger partial charge in [-0.15, -0.1) is 0 Å². The van der Waals surface area contributed by atoms with Gasteiger partial charge in [0.05, 0.1) is 17.9 Å². The lowest BCUT2D eigenvalue weighted by atomic mass is 10.4. The summed E-state index contributed by atoms with van der Waals surface area (Å²) in [7, 11) is 0. The van der Waals surface area contributed by atoms with Crippen molar-refractivity contribution < 1.29 is 0 Å². The SMILES string of the molecule is CC(C)n1ncc(NCCNC2CC2)c(Br)c1=O. The van der Waals surface area contributed by atoms with Gasteiger partial charge < -0.3 is 10.6 Å². The van der Waals surface area contributed by atoms with Gasteiger partial charge in [-0.05, 0) is 42.6 Å². The molecule has 0 bridgehead atoms. The highest BCUT2D eigenvalue weighted by atomic mass is 79.9. The van der Waals surface area contributed by atoms with Gasteiger partial charge in [0.1, 0.15) is 4.47 Å². The van der Waals surface area contributed by atoms with Gasteiger partial charge in [-0.25, -0.2) is 4.68 Å². The van der Waals surface area contributed by atoms with Gasteiger partial charge >= 0.3 is 0 Å². The molecule has 0 amide bonds. The molecule has 1 aromatic heterocycles. The van der Waals surface area contributed by atoms with Gasteiger partial charge in [0, 0.05) is 19.1 Å². The first-order valence-corrected chi connectivity index (χ1v) is 7.13. The van der Waals surface area contributed by atoms with E-state index in [1.54, 1.807) is 6.20 Å². The first-order valence-electron chi connectivity index (χ1n) is 6.34. The monoisotopic (exact) mass is 314 g/mol. The maximum atomic E-state index is 12.0. The van der Waals surface area contributed by atoms with E-state index in [4.69, 9.17) is 0 Å². The summed E-state index contributed by atoms with van der Waals surface area (Å²) in [4.78, 5) is 12.0. The lowest BCUT2D eigenvalue weighted by Crippen LogP contribution is -2.28. The van der Waals surface area contributed by atoms with Crippen molar-refractivity contribution in [1.82, 2.24) is 15.1 Å². The molecule has 0 saturated heterocycles. The van der Waals surface area contributed by atoms with Gasteiger partial charge in [0.2, 0.25) is 0 Å². The Morgan fingerprint density at radius 1 is 1.50 bits per heavy atom. The first-order chi connectivity index (χ1) is 8.59. The van der Waals surface area contributed by atoms with E-state index in [9.17, 15) is 4.79 Å². The molecule has 1 saturated carbocycles. The molecule has 2 rings (SSSR count). The van der Waals surface area contributed by atoms with Crippen LogP contribution in [0.4, 0.5) is 5.69 Å². The molecule has 0 atom stereocenters. The zero-order valence-electron chi connectivity index (χ0n) is 10.7. The third-order valence-electron chi connectivity index (χ3n) is 2.88. The second-order valence-corrected chi connectivity index (χ2v) is 5.66. The summed E-state index contributed by atoms with van der Waals surface area (Å²) in [6, 6.07) is 0.779. The van der Waals surface area contributed by atoms with Gasteiger partial charge in [0.15, 0.2) is 0 Å². The highest BCUT2D eigenvalue weighted by Crippen LogP contribution is 2.19. The van der Waals surface area contributed by atoms with Crippen LogP contribution < -0.4 is 16.2 Å². The summed E-state index contributed by atoms with van der Waals surface area (Å²) in [5, 5.41) is 10.8. The Morgan fingerprint density at radius 3 is 2.83 bits per heavy atom. The summed E-state index contributed by atoms with van der Waals surface area (Å²) in [6.07, 6.45) is 4.27. The predicted molar refractivity (Wildman–Crippen MR) is 76.1 cm³/mol. The highest BCUT2D eigenvalue weighted by Gasteiger charge is 2.19. The molecule has 1 aliphatic carbocycles. The van der Waals surface area contributed by atoms with Crippen LogP contribution in [0, 0.1) is 0 Å². The topological polar surface area (TPSA) is 59.0 Å². The van der Waals surface area contributed by atoms with Gasteiger partial charge in [-0.2, -0.15) is 5.10 Å². The second-order valence-electron chi connectivity index (χ2n) is 4.87. The fourth-order valence-electron chi connectivity index (χ4n) is 1.70. The maximum absolute atomic E-state index is 12.0. The molecule has 100 valence electrons. The number of aromatic nitrogens is 2. The van der Waals surface area contributed by atoms with Crippen molar-refractivity contribution in [2.45, 2.75) is 38.8 Å². The van der Waals surface area contributed by atoms with E-state index in [0.29, 0.717) is 10.5 Å². The molecule has 1 aliphatic rings. The van der Waals surface area contributed by atoms with Crippen molar-refractivity contribution >= 4 is 21.6 Å². The molecule has 0 radical (unpaired) electrons. The third-order valence-corrected chi connectivity index (χ3v) is 3.65. The maximum Gasteiger partial charge on any atom is 0.283 e. The van der Waals surface area contributed by atoms with Crippen LogP contribution in [-0.2, 0) is 0 Å². The molecule has 0 aliphatic heterocycles. The number of hydrogen-bond donors (Lipinski definition) is 2. The van der Waals surface area contributed by atoms with Crippen LogP contribution in [0.5, 0.6) is 0 Å². The van der Waals surface area contributed by atoms with Crippen LogP contribution in [0.15, 0.2) is 15.5 Å². The molecule has 1 heterocycles. The number of anilines is 1. The number of rotatable bonds is 6. The van der Waals surface area contributed by atoms with Crippen molar-refractivity contribution in [3.63, 3.8) is 0 Å². The Morgan fingerprint density at radius 2 is 2.22 bits per heavy atom. The quantitative estimate of drug-likeness (QED) is 0.785. The zero-order valence-corrected chi connectivity index (χ0v) is 12.3. The van der Waals surface area contributed by atoms with E-state index in [2.05, 4.69) is 31.7 Å². The molecule has 18 heavy (non-hydrogen) atoms. The van der Waals surface area contributed by atoms with Crippen molar-refractivity contribution in [3.8, 4) is 0 Å². The molecule has 6 heteroatoms. The van der Waals surface area contributed by atoms with E-state index in [0.717, 1.165) is 18.8 Å². The van der Waals surface area contributed by atoms with Crippen LogP contribution >= 0.6 is 15.9 Å². The lowest BCUT2D eigenvalue weighted by Gasteiger charge is -2.12. The summed E-state index contributed by atoms with van der Waals surface area (Å²) >= 11 is 3.34. The average Bonchev–Trinajstić information content (AvgIpc) is 3.13. The van der Waals surface area contributed by atoms with Crippen molar-refractivity contribution in [2.75, 3.05) is 18.4 Å². The Balaban J connectivity index is 1.95. The Kier molecular flexibility index (Phi) is 4.40. The second kappa shape index (κ2) is 5.84. The van der Waals surface area contributed by atoms with E-state index >= 15 is 0 Å². The zero-order chi connectivity index (χ0) is 13.1.